The normalized spacial score (nSPS) is 23.0. The SMILES string of the molecule is O=C(CCCC[C@@H]1CCSS1)NCC1([C@H](O)c2ccccc2)CC1. The molecule has 2 atom stereocenters. The fourth-order valence-electron chi connectivity index (χ4n) is 3.28. The van der Waals surface area contributed by atoms with Crippen LogP contribution in [0.5, 0.6) is 0 Å². The van der Waals surface area contributed by atoms with Crippen molar-refractivity contribution in [1.82, 2.24) is 5.32 Å². The molecule has 24 heavy (non-hydrogen) atoms. The molecule has 1 aromatic carbocycles. The average Bonchev–Trinajstić information content (AvgIpc) is 3.23. The molecule has 1 saturated carbocycles. The number of benzene rings is 1. The number of nitrogens with one attached hydrogen (secondary N) is 1. The zero-order valence-electron chi connectivity index (χ0n) is 14.1. The Morgan fingerprint density at radius 3 is 2.75 bits per heavy atom. The molecule has 0 radical (unpaired) electrons. The van der Waals surface area contributed by atoms with Gasteiger partial charge >= 0.3 is 0 Å². The van der Waals surface area contributed by atoms with Crippen molar-refractivity contribution in [2.45, 2.75) is 56.3 Å². The van der Waals surface area contributed by atoms with E-state index in [0.717, 1.165) is 36.5 Å². The van der Waals surface area contributed by atoms with Crippen LogP contribution in [0.4, 0.5) is 0 Å². The fourth-order valence-corrected chi connectivity index (χ4v) is 6.31. The summed E-state index contributed by atoms with van der Waals surface area (Å²) in [5.41, 5.74) is 0.811. The number of unbranched alkanes of at least 4 members (excludes halogenated alkanes) is 1. The first kappa shape index (κ1) is 18.2. The molecule has 1 aromatic rings. The lowest BCUT2D eigenvalue weighted by molar-refractivity contribution is -0.121. The van der Waals surface area contributed by atoms with E-state index in [9.17, 15) is 9.90 Å². The molecule has 2 fully saturated rings. The third-order valence-corrected chi connectivity index (χ3v) is 8.14. The predicted octanol–water partition coefficient (Wildman–Crippen LogP) is 4.33. The van der Waals surface area contributed by atoms with Crippen LogP contribution in [0, 0.1) is 5.41 Å². The van der Waals surface area contributed by atoms with Gasteiger partial charge < -0.3 is 10.4 Å². The summed E-state index contributed by atoms with van der Waals surface area (Å²) >= 11 is 0. The van der Waals surface area contributed by atoms with Crippen molar-refractivity contribution in [3.05, 3.63) is 35.9 Å². The lowest BCUT2D eigenvalue weighted by Gasteiger charge is -2.23. The van der Waals surface area contributed by atoms with E-state index in [2.05, 4.69) is 5.32 Å². The molecule has 2 aliphatic rings. The summed E-state index contributed by atoms with van der Waals surface area (Å²) < 4.78 is 0. The zero-order chi connectivity index (χ0) is 16.8. The van der Waals surface area contributed by atoms with Crippen molar-refractivity contribution >= 4 is 27.5 Å². The number of rotatable bonds is 9. The van der Waals surface area contributed by atoms with Crippen molar-refractivity contribution in [1.29, 1.82) is 0 Å². The Labute approximate surface area is 152 Å². The maximum atomic E-state index is 12.1. The summed E-state index contributed by atoms with van der Waals surface area (Å²) in [5.74, 6) is 1.41. The van der Waals surface area contributed by atoms with Crippen molar-refractivity contribution in [3.63, 3.8) is 0 Å². The van der Waals surface area contributed by atoms with Gasteiger partial charge in [0.1, 0.15) is 0 Å². The van der Waals surface area contributed by atoms with Gasteiger partial charge in [-0.3, -0.25) is 4.79 Å². The second-order valence-electron chi connectivity index (χ2n) is 7.03. The second-order valence-corrected chi connectivity index (χ2v) is 9.81. The molecule has 132 valence electrons. The highest BCUT2D eigenvalue weighted by Crippen LogP contribution is 2.54. The molecule has 5 heteroatoms. The number of carbonyl (C=O) groups excluding carboxylic acids is 1. The number of hydrogen-bond acceptors (Lipinski definition) is 4. The molecule has 1 aliphatic carbocycles. The lowest BCUT2D eigenvalue weighted by Crippen LogP contribution is -2.33. The second kappa shape index (κ2) is 8.63. The van der Waals surface area contributed by atoms with Crippen LogP contribution in [0.15, 0.2) is 30.3 Å². The number of amides is 1. The molecule has 0 spiro atoms. The van der Waals surface area contributed by atoms with Crippen molar-refractivity contribution in [3.8, 4) is 0 Å². The third kappa shape index (κ3) is 4.93. The molecule has 1 amide bonds. The van der Waals surface area contributed by atoms with Crippen LogP contribution >= 0.6 is 21.6 Å². The lowest BCUT2D eigenvalue weighted by atomic mass is 9.92. The van der Waals surface area contributed by atoms with E-state index in [1.165, 1.54) is 18.6 Å². The minimum atomic E-state index is -0.476. The highest BCUT2D eigenvalue weighted by molar-refractivity contribution is 8.77. The first-order valence-electron chi connectivity index (χ1n) is 8.98. The minimum Gasteiger partial charge on any atom is -0.388 e. The molecule has 3 nitrogen and oxygen atoms in total. The molecular weight excluding hydrogens is 338 g/mol. The third-order valence-electron chi connectivity index (χ3n) is 5.13. The zero-order valence-corrected chi connectivity index (χ0v) is 15.7. The molecule has 0 aromatic heterocycles. The monoisotopic (exact) mass is 365 g/mol. The van der Waals surface area contributed by atoms with Crippen LogP contribution in [0.1, 0.15) is 56.6 Å². The number of carbonyl (C=O) groups is 1. The Balaban J connectivity index is 1.35. The van der Waals surface area contributed by atoms with Gasteiger partial charge in [0.25, 0.3) is 0 Å². The van der Waals surface area contributed by atoms with Gasteiger partial charge in [-0.2, -0.15) is 0 Å². The standard InChI is InChI=1S/C19H27NO2S2/c21-17(9-5-4-8-16-10-13-23-24-16)20-14-19(11-12-19)18(22)15-6-2-1-3-7-15/h1-3,6-7,16,18,22H,4-5,8-14H2,(H,20,21)/t16-,18-/m1/s1. The number of aliphatic hydroxyl groups excluding tert-OH is 1. The van der Waals surface area contributed by atoms with Gasteiger partial charge in [-0.25, -0.2) is 0 Å². The van der Waals surface area contributed by atoms with Crippen molar-refractivity contribution in [2.75, 3.05) is 12.3 Å². The largest absolute Gasteiger partial charge is 0.388 e. The Morgan fingerprint density at radius 1 is 1.29 bits per heavy atom. The molecule has 0 bridgehead atoms. The van der Waals surface area contributed by atoms with Crippen molar-refractivity contribution in [2.24, 2.45) is 5.41 Å². The van der Waals surface area contributed by atoms with Crippen LogP contribution < -0.4 is 5.32 Å². The van der Waals surface area contributed by atoms with Gasteiger partial charge in [0.15, 0.2) is 0 Å². The van der Waals surface area contributed by atoms with Crippen molar-refractivity contribution < 1.29 is 9.90 Å². The van der Waals surface area contributed by atoms with E-state index in [0.29, 0.717) is 13.0 Å². The van der Waals surface area contributed by atoms with Crippen LogP contribution in [0.3, 0.4) is 0 Å². The highest BCUT2D eigenvalue weighted by atomic mass is 33.1. The first-order valence-corrected chi connectivity index (χ1v) is 11.4. The maximum Gasteiger partial charge on any atom is 0.220 e. The van der Waals surface area contributed by atoms with Crippen LogP contribution in [-0.4, -0.2) is 28.6 Å². The van der Waals surface area contributed by atoms with E-state index < -0.39 is 6.10 Å². The summed E-state index contributed by atoms with van der Waals surface area (Å²) in [6.07, 6.45) is 6.78. The van der Waals surface area contributed by atoms with E-state index in [1.54, 1.807) is 0 Å². The maximum absolute atomic E-state index is 12.1. The van der Waals surface area contributed by atoms with Crippen LogP contribution in [0.25, 0.3) is 0 Å². The van der Waals surface area contributed by atoms with Gasteiger partial charge in [0, 0.05) is 29.4 Å². The molecule has 2 N–H and O–H groups in total. The molecule has 3 rings (SSSR count). The number of aliphatic hydroxyl groups is 1. The molecule has 1 heterocycles. The van der Waals surface area contributed by atoms with E-state index >= 15 is 0 Å². The Hall–Kier alpha value is -0.650. The first-order chi connectivity index (χ1) is 11.7. The summed E-state index contributed by atoms with van der Waals surface area (Å²) in [5, 5.41) is 14.5. The smallest absolute Gasteiger partial charge is 0.220 e. The highest BCUT2D eigenvalue weighted by Gasteiger charge is 2.49. The summed E-state index contributed by atoms with van der Waals surface area (Å²) in [4.78, 5) is 12.1. The van der Waals surface area contributed by atoms with Gasteiger partial charge in [0.05, 0.1) is 6.10 Å². The topological polar surface area (TPSA) is 49.3 Å². The Kier molecular flexibility index (Phi) is 6.53. The van der Waals surface area contributed by atoms with E-state index in [4.69, 9.17) is 0 Å². The fraction of sp³-hybridized carbons (Fsp3) is 0.632. The van der Waals surface area contributed by atoms with Gasteiger partial charge in [-0.1, -0.05) is 58.3 Å². The Morgan fingerprint density at radius 2 is 2.08 bits per heavy atom. The quantitative estimate of drug-likeness (QED) is 0.505. The van der Waals surface area contributed by atoms with E-state index in [1.807, 2.05) is 51.9 Å². The Bertz CT molecular complexity index is 527. The summed E-state index contributed by atoms with van der Waals surface area (Å²) in [6, 6.07) is 9.79. The molecular formula is C19H27NO2S2. The number of hydrogen-bond donors (Lipinski definition) is 2. The molecule has 1 saturated heterocycles. The molecule has 1 aliphatic heterocycles. The van der Waals surface area contributed by atoms with Crippen LogP contribution in [0.2, 0.25) is 0 Å². The van der Waals surface area contributed by atoms with Gasteiger partial charge in [-0.05, 0) is 37.7 Å². The average molecular weight is 366 g/mol. The van der Waals surface area contributed by atoms with Gasteiger partial charge in [0.2, 0.25) is 5.91 Å². The predicted molar refractivity (Wildman–Crippen MR) is 103 cm³/mol. The summed E-state index contributed by atoms with van der Waals surface area (Å²) in [7, 11) is 3.99. The molecule has 0 unspecified atom stereocenters. The minimum absolute atomic E-state index is 0.134. The summed E-state index contributed by atoms with van der Waals surface area (Å²) in [6.45, 7) is 0.594. The van der Waals surface area contributed by atoms with Crippen LogP contribution in [-0.2, 0) is 4.79 Å². The van der Waals surface area contributed by atoms with E-state index in [-0.39, 0.29) is 11.3 Å². The van der Waals surface area contributed by atoms with Gasteiger partial charge in [-0.15, -0.1) is 0 Å².